The van der Waals surface area contributed by atoms with Crippen molar-refractivity contribution in [1.29, 1.82) is 0 Å². The van der Waals surface area contributed by atoms with E-state index < -0.39 is 5.97 Å². The molecular weight excluding hydrogens is 382 g/mol. The number of nitrogens with zero attached hydrogens (tertiary/aromatic N) is 1. The molecule has 158 valence electrons. The van der Waals surface area contributed by atoms with Gasteiger partial charge in [0.05, 0.1) is 0 Å². The van der Waals surface area contributed by atoms with E-state index in [0.717, 1.165) is 38.8 Å². The lowest BCUT2D eigenvalue weighted by Gasteiger charge is -2.24. The van der Waals surface area contributed by atoms with Crippen molar-refractivity contribution in [3.63, 3.8) is 0 Å². The highest BCUT2D eigenvalue weighted by Crippen LogP contribution is 2.16. The molecule has 0 unspecified atom stereocenters. The van der Waals surface area contributed by atoms with Gasteiger partial charge in [0.2, 0.25) is 0 Å². The molecule has 0 saturated carbocycles. The van der Waals surface area contributed by atoms with Crippen molar-refractivity contribution < 1.29 is 23.9 Å². The highest BCUT2D eigenvalue weighted by molar-refractivity contribution is 6.08. The Balaban J connectivity index is 1.42. The van der Waals surface area contributed by atoms with Gasteiger partial charge < -0.3 is 14.4 Å². The smallest absolute Gasteiger partial charge is 0.344 e. The maximum Gasteiger partial charge on any atom is 0.344 e. The number of benzene rings is 2. The highest BCUT2D eigenvalue weighted by Gasteiger charge is 2.17. The van der Waals surface area contributed by atoms with Crippen molar-refractivity contribution in [3.05, 3.63) is 65.7 Å². The minimum atomic E-state index is -0.597. The zero-order valence-electron chi connectivity index (χ0n) is 17.0. The molecule has 1 fully saturated rings. The summed E-state index contributed by atoms with van der Waals surface area (Å²) in [7, 11) is 0. The largest absolute Gasteiger partial charge is 0.482 e. The average Bonchev–Trinajstić information content (AvgIpc) is 2.76. The quantitative estimate of drug-likeness (QED) is 0.516. The van der Waals surface area contributed by atoms with Crippen LogP contribution in [0.5, 0.6) is 5.75 Å². The topological polar surface area (TPSA) is 72.9 Å². The molecule has 0 radical (unpaired) electrons. The van der Waals surface area contributed by atoms with Crippen LogP contribution in [0.1, 0.15) is 48.0 Å². The predicted molar refractivity (Wildman–Crippen MR) is 112 cm³/mol. The predicted octanol–water partition coefficient (Wildman–Crippen LogP) is 3.63. The molecule has 0 aliphatic carbocycles. The number of ketones is 1. The van der Waals surface area contributed by atoms with E-state index in [1.54, 1.807) is 41.3 Å². The first-order chi connectivity index (χ1) is 14.6. The summed E-state index contributed by atoms with van der Waals surface area (Å²) in [6, 6.07) is 15.6. The molecule has 30 heavy (non-hydrogen) atoms. The van der Waals surface area contributed by atoms with E-state index in [9.17, 15) is 14.4 Å². The SMILES string of the molecule is O=C(COc1ccc(C(=O)c2ccccc2)cc1)OCC(=O)N1CCCCCCC1. The van der Waals surface area contributed by atoms with Gasteiger partial charge in [-0.25, -0.2) is 4.79 Å². The molecule has 6 nitrogen and oxygen atoms in total. The molecule has 3 rings (SSSR count). The van der Waals surface area contributed by atoms with Crippen LogP contribution in [0.25, 0.3) is 0 Å². The zero-order chi connectivity index (χ0) is 21.2. The number of esters is 1. The third kappa shape index (κ3) is 6.44. The summed E-state index contributed by atoms with van der Waals surface area (Å²) in [5, 5.41) is 0. The summed E-state index contributed by atoms with van der Waals surface area (Å²) < 4.78 is 10.5. The molecule has 2 aromatic rings. The van der Waals surface area contributed by atoms with Crippen LogP contribution in [0, 0.1) is 0 Å². The number of carbonyl (C=O) groups excluding carboxylic acids is 3. The molecule has 0 spiro atoms. The molecule has 1 amide bonds. The van der Waals surface area contributed by atoms with Crippen molar-refractivity contribution in [2.24, 2.45) is 0 Å². The molecule has 0 atom stereocenters. The average molecular weight is 409 g/mol. The van der Waals surface area contributed by atoms with Gasteiger partial charge >= 0.3 is 5.97 Å². The second-order valence-corrected chi connectivity index (χ2v) is 7.32. The summed E-state index contributed by atoms with van der Waals surface area (Å²) in [4.78, 5) is 38.3. The molecule has 1 heterocycles. The van der Waals surface area contributed by atoms with Crippen molar-refractivity contribution in [2.45, 2.75) is 32.1 Å². The lowest BCUT2D eigenvalue weighted by Crippen LogP contribution is -2.37. The Morgan fingerprint density at radius 2 is 1.33 bits per heavy atom. The van der Waals surface area contributed by atoms with Gasteiger partial charge in [-0.15, -0.1) is 0 Å². The van der Waals surface area contributed by atoms with Gasteiger partial charge in [0.1, 0.15) is 5.75 Å². The second kappa shape index (κ2) is 11.1. The zero-order valence-corrected chi connectivity index (χ0v) is 17.0. The third-order valence-electron chi connectivity index (χ3n) is 5.07. The van der Waals surface area contributed by atoms with Gasteiger partial charge in [-0.2, -0.15) is 0 Å². The van der Waals surface area contributed by atoms with Crippen LogP contribution < -0.4 is 4.74 Å². The highest BCUT2D eigenvalue weighted by atomic mass is 16.6. The standard InChI is InChI=1S/C24H27NO5/c26-22(25-15-7-2-1-3-8-16-25)17-30-23(27)18-29-21-13-11-20(12-14-21)24(28)19-9-5-4-6-10-19/h4-6,9-14H,1-3,7-8,15-18H2. The molecule has 0 aromatic heterocycles. The Bertz CT molecular complexity index is 840. The fraction of sp³-hybridized carbons (Fsp3) is 0.375. The number of hydrogen-bond donors (Lipinski definition) is 0. The van der Waals surface area contributed by atoms with Crippen LogP contribution in [-0.2, 0) is 14.3 Å². The van der Waals surface area contributed by atoms with E-state index >= 15 is 0 Å². The van der Waals surface area contributed by atoms with Crippen LogP contribution >= 0.6 is 0 Å². The van der Waals surface area contributed by atoms with Gasteiger partial charge in [-0.05, 0) is 37.1 Å². The number of rotatable bonds is 7. The Morgan fingerprint density at radius 3 is 2.00 bits per heavy atom. The van der Waals surface area contributed by atoms with Gasteiger partial charge in [-0.3, -0.25) is 9.59 Å². The Labute approximate surface area is 176 Å². The molecule has 0 bridgehead atoms. The number of ether oxygens (including phenoxy) is 2. The first-order valence-corrected chi connectivity index (χ1v) is 10.4. The molecule has 0 N–H and O–H groups in total. The number of hydrogen-bond acceptors (Lipinski definition) is 5. The van der Waals surface area contributed by atoms with E-state index in [-0.39, 0.29) is 24.9 Å². The summed E-state index contributed by atoms with van der Waals surface area (Å²) in [6.45, 7) is 0.897. The second-order valence-electron chi connectivity index (χ2n) is 7.32. The Morgan fingerprint density at radius 1 is 0.733 bits per heavy atom. The van der Waals surface area contributed by atoms with Crippen LogP contribution in [0.15, 0.2) is 54.6 Å². The fourth-order valence-electron chi connectivity index (χ4n) is 3.37. The maximum absolute atomic E-state index is 12.4. The normalized spacial score (nSPS) is 14.3. The van der Waals surface area contributed by atoms with Crippen LogP contribution in [0.2, 0.25) is 0 Å². The molecule has 1 aliphatic rings. The first kappa shape index (κ1) is 21.6. The van der Waals surface area contributed by atoms with Gasteiger partial charge in [0, 0.05) is 24.2 Å². The minimum absolute atomic E-state index is 0.0794. The van der Waals surface area contributed by atoms with E-state index in [4.69, 9.17) is 9.47 Å². The third-order valence-corrected chi connectivity index (χ3v) is 5.07. The van der Waals surface area contributed by atoms with E-state index in [0.29, 0.717) is 16.9 Å². The van der Waals surface area contributed by atoms with Crippen LogP contribution in [0.4, 0.5) is 0 Å². The summed E-state index contributed by atoms with van der Waals surface area (Å²) in [6.07, 6.45) is 5.47. The maximum atomic E-state index is 12.4. The van der Waals surface area contributed by atoms with E-state index in [2.05, 4.69) is 0 Å². The van der Waals surface area contributed by atoms with Crippen molar-refractivity contribution >= 4 is 17.7 Å². The summed E-state index contributed by atoms with van der Waals surface area (Å²) in [5.74, 6) is -0.384. The fourth-order valence-corrected chi connectivity index (χ4v) is 3.37. The van der Waals surface area contributed by atoms with Gasteiger partial charge in [0.25, 0.3) is 5.91 Å². The van der Waals surface area contributed by atoms with Crippen molar-refractivity contribution in [2.75, 3.05) is 26.3 Å². The van der Waals surface area contributed by atoms with E-state index in [1.165, 1.54) is 6.42 Å². The van der Waals surface area contributed by atoms with Gasteiger partial charge in [-0.1, -0.05) is 49.6 Å². The Kier molecular flexibility index (Phi) is 8.01. The first-order valence-electron chi connectivity index (χ1n) is 10.4. The van der Waals surface area contributed by atoms with Crippen molar-refractivity contribution in [3.8, 4) is 5.75 Å². The summed E-state index contributed by atoms with van der Waals surface area (Å²) in [5.41, 5.74) is 1.15. The molecule has 1 saturated heterocycles. The van der Waals surface area contributed by atoms with Gasteiger partial charge in [0.15, 0.2) is 19.0 Å². The monoisotopic (exact) mass is 409 g/mol. The lowest BCUT2D eigenvalue weighted by atomic mass is 10.0. The number of carbonyl (C=O) groups is 3. The van der Waals surface area contributed by atoms with Crippen LogP contribution in [-0.4, -0.2) is 48.9 Å². The minimum Gasteiger partial charge on any atom is -0.482 e. The molecule has 2 aromatic carbocycles. The summed E-state index contributed by atoms with van der Waals surface area (Å²) >= 11 is 0. The number of likely N-dealkylation sites (tertiary alicyclic amines) is 1. The Hall–Kier alpha value is -3.15. The molecular formula is C24H27NO5. The molecule has 6 heteroatoms. The molecule has 1 aliphatic heterocycles. The lowest BCUT2D eigenvalue weighted by molar-refractivity contribution is -0.153. The van der Waals surface area contributed by atoms with Crippen LogP contribution in [0.3, 0.4) is 0 Å². The van der Waals surface area contributed by atoms with E-state index in [1.807, 2.05) is 18.2 Å². The number of amides is 1. The van der Waals surface area contributed by atoms with Crippen molar-refractivity contribution in [1.82, 2.24) is 4.90 Å².